The summed E-state index contributed by atoms with van der Waals surface area (Å²) in [5.74, 6) is 1.95. The molecule has 7 heteroatoms. The molecular weight excluding hydrogens is 390 g/mol. The van der Waals surface area contributed by atoms with Crippen molar-refractivity contribution in [3.05, 3.63) is 60.2 Å². The highest BCUT2D eigenvalue weighted by Crippen LogP contribution is 2.19. The van der Waals surface area contributed by atoms with Crippen LogP contribution in [0.25, 0.3) is 0 Å². The minimum absolute atomic E-state index is 0.0822. The lowest BCUT2D eigenvalue weighted by atomic mass is 10.1. The number of guanidine groups is 1. The van der Waals surface area contributed by atoms with Gasteiger partial charge >= 0.3 is 0 Å². The van der Waals surface area contributed by atoms with E-state index in [1.807, 2.05) is 37.4 Å². The van der Waals surface area contributed by atoms with E-state index in [-0.39, 0.29) is 12.0 Å². The Hall–Kier alpha value is -3.22. The molecule has 2 N–H and O–H groups in total. The van der Waals surface area contributed by atoms with Crippen LogP contribution in [0.3, 0.4) is 0 Å². The molecule has 2 heterocycles. The van der Waals surface area contributed by atoms with Crippen LogP contribution >= 0.6 is 0 Å². The second kappa shape index (κ2) is 10.2. The third kappa shape index (κ3) is 5.69. The Balaban J connectivity index is 1.25. The fraction of sp³-hybridized carbons (Fsp3) is 0.417. The van der Waals surface area contributed by atoms with E-state index in [1.54, 1.807) is 0 Å². The first kappa shape index (κ1) is 21.0. The standard InChI is InChI=1S/C24H31N5O2/c1-25-24(28-14-11-22(12-15-28)31-21-5-3-2-4-6-21)27-17-19-7-9-20(10-8-19)29-16-13-26-23(30)18-29/h2-10,22H,11-18H2,1H3,(H,25,27)(H,26,30). The van der Waals surface area contributed by atoms with E-state index >= 15 is 0 Å². The molecule has 31 heavy (non-hydrogen) atoms. The first-order chi connectivity index (χ1) is 15.2. The SMILES string of the molecule is CN=C(NCc1ccc(N2CCNC(=O)C2)cc1)N1CCC(Oc2ccccc2)CC1. The van der Waals surface area contributed by atoms with Gasteiger partial charge in [-0.2, -0.15) is 0 Å². The lowest BCUT2D eigenvalue weighted by Crippen LogP contribution is -2.47. The average Bonchev–Trinajstić information content (AvgIpc) is 2.81. The Bertz CT molecular complexity index is 877. The summed E-state index contributed by atoms with van der Waals surface area (Å²) in [4.78, 5) is 20.5. The third-order valence-corrected chi connectivity index (χ3v) is 5.79. The fourth-order valence-corrected chi connectivity index (χ4v) is 4.07. The molecule has 164 valence electrons. The molecule has 2 saturated heterocycles. The number of rotatable bonds is 5. The van der Waals surface area contributed by atoms with Crippen molar-refractivity contribution < 1.29 is 9.53 Å². The van der Waals surface area contributed by atoms with Gasteiger partial charge in [0.2, 0.25) is 5.91 Å². The minimum Gasteiger partial charge on any atom is -0.490 e. The highest BCUT2D eigenvalue weighted by Gasteiger charge is 2.22. The molecule has 2 aromatic carbocycles. The highest BCUT2D eigenvalue weighted by molar-refractivity contribution is 5.82. The molecule has 1 amide bonds. The molecule has 0 saturated carbocycles. The molecule has 0 atom stereocenters. The predicted octanol–water partition coefficient (Wildman–Crippen LogP) is 2.24. The minimum atomic E-state index is 0.0822. The van der Waals surface area contributed by atoms with Gasteiger partial charge in [-0.15, -0.1) is 0 Å². The van der Waals surface area contributed by atoms with Crippen LogP contribution in [0.1, 0.15) is 18.4 Å². The Morgan fingerprint density at radius 2 is 1.84 bits per heavy atom. The van der Waals surface area contributed by atoms with E-state index in [1.165, 1.54) is 5.56 Å². The largest absolute Gasteiger partial charge is 0.490 e. The number of amides is 1. The number of piperidine rings is 1. The van der Waals surface area contributed by atoms with Crippen LogP contribution in [0, 0.1) is 0 Å². The molecule has 0 spiro atoms. The first-order valence-corrected chi connectivity index (χ1v) is 11.0. The van der Waals surface area contributed by atoms with Crippen LogP contribution < -0.4 is 20.3 Å². The van der Waals surface area contributed by atoms with Crippen LogP contribution in [0.2, 0.25) is 0 Å². The summed E-state index contributed by atoms with van der Waals surface area (Å²) >= 11 is 0. The van der Waals surface area contributed by atoms with E-state index in [0.29, 0.717) is 19.6 Å². The van der Waals surface area contributed by atoms with Gasteiger partial charge in [-0.1, -0.05) is 30.3 Å². The van der Waals surface area contributed by atoms with Crippen molar-refractivity contribution in [1.29, 1.82) is 0 Å². The average molecular weight is 422 g/mol. The zero-order valence-electron chi connectivity index (χ0n) is 18.1. The Morgan fingerprint density at radius 3 is 2.52 bits per heavy atom. The zero-order chi connectivity index (χ0) is 21.5. The number of ether oxygens (including phenoxy) is 1. The quantitative estimate of drug-likeness (QED) is 0.573. The monoisotopic (exact) mass is 421 g/mol. The summed E-state index contributed by atoms with van der Waals surface area (Å²) in [6.45, 7) is 4.54. The number of benzene rings is 2. The highest BCUT2D eigenvalue weighted by atomic mass is 16.5. The summed E-state index contributed by atoms with van der Waals surface area (Å²) in [6.07, 6.45) is 2.21. The van der Waals surface area contributed by atoms with Gasteiger partial charge in [-0.05, 0) is 29.8 Å². The van der Waals surface area contributed by atoms with Crippen molar-refractivity contribution in [2.24, 2.45) is 4.99 Å². The number of carbonyl (C=O) groups is 1. The maximum absolute atomic E-state index is 11.6. The van der Waals surface area contributed by atoms with Crippen molar-refractivity contribution in [3.63, 3.8) is 0 Å². The summed E-state index contributed by atoms with van der Waals surface area (Å²) in [7, 11) is 1.83. The number of para-hydroxylation sites is 1. The molecule has 7 nitrogen and oxygen atoms in total. The predicted molar refractivity (Wildman–Crippen MR) is 124 cm³/mol. The van der Waals surface area contributed by atoms with Crippen LogP contribution in [0.4, 0.5) is 5.69 Å². The number of anilines is 1. The van der Waals surface area contributed by atoms with Crippen LogP contribution in [0.5, 0.6) is 5.75 Å². The number of carbonyl (C=O) groups excluding carboxylic acids is 1. The first-order valence-electron chi connectivity index (χ1n) is 11.0. The Labute approximate surface area is 184 Å². The van der Waals surface area contributed by atoms with Crippen LogP contribution in [-0.2, 0) is 11.3 Å². The molecule has 4 rings (SSSR count). The second-order valence-electron chi connectivity index (χ2n) is 7.96. The van der Waals surface area contributed by atoms with Crippen molar-refractivity contribution in [1.82, 2.24) is 15.5 Å². The van der Waals surface area contributed by atoms with E-state index in [2.05, 4.69) is 49.7 Å². The number of piperazine rings is 1. The summed E-state index contributed by atoms with van der Waals surface area (Å²) in [6, 6.07) is 18.4. The third-order valence-electron chi connectivity index (χ3n) is 5.79. The van der Waals surface area contributed by atoms with E-state index in [0.717, 1.165) is 49.9 Å². The number of aliphatic imine (C=N–C) groups is 1. The summed E-state index contributed by atoms with van der Waals surface area (Å²) in [5.41, 5.74) is 2.28. The molecule has 0 unspecified atom stereocenters. The second-order valence-corrected chi connectivity index (χ2v) is 7.96. The maximum Gasteiger partial charge on any atom is 0.239 e. The van der Waals surface area contributed by atoms with E-state index < -0.39 is 0 Å². The van der Waals surface area contributed by atoms with Crippen molar-refractivity contribution in [3.8, 4) is 5.75 Å². The summed E-state index contributed by atoms with van der Waals surface area (Å²) < 4.78 is 6.10. The van der Waals surface area contributed by atoms with Crippen LogP contribution in [0.15, 0.2) is 59.6 Å². The molecule has 0 aromatic heterocycles. The number of hydrogen-bond donors (Lipinski definition) is 2. The zero-order valence-corrected chi connectivity index (χ0v) is 18.1. The van der Waals surface area contributed by atoms with Gasteiger partial charge in [0, 0.05) is 58.3 Å². The number of nitrogens with one attached hydrogen (secondary N) is 2. The molecule has 2 fully saturated rings. The smallest absolute Gasteiger partial charge is 0.239 e. The van der Waals surface area contributed by atoms with Gasteiger partial charge in [0.25, 0.3) is 0 Å². The Kier molecular flexibility index (Phi) is 6.92. The number of hydrogen-bond acceptors (Lipinski definition) is 4. The van der Waals surface area contributed by atoms with Gasteiger partial charge in [0.05, 0.1) is 6.54 Å². The van der Waals surface area contributed by atoms with Gasteiger partial charge in [0.1, 0.15) is 11.9 Å². The van der Waals surface area contributed by atoms with Crippen molar-refractivity contribution in [2.75, 3.05) is 44.7 Å². The fourth-order valence-electron chi connectivity index (χ4n) is 4.07. The van der Waals surface area contributed by atoms with Crippen molar-refractivity contribution in [2.45, 2.75) is 25.5 Å². The van der Waals surface area contributed by atoms with Gasteiger partial charge in [-0.3, -0.25) is 9.79 Å². The van der Waals surface area contributed by atoms with E-state index in [9.17, 15) is 4.79 Å². The lowest BCUT2D eigenvalue weighted by molar-refractivity contribution is -0.120. The number of likely N-dealkylation sites (tertiary alicyclic amines) is 1. The van der Waals surface area contributed by atoms with Gasteiger partial charge < -0.3 is 25.2 Å². The lowest BCUT2D eigenvalue weighted by Gasteiger charge is -2.34. The van der Waals surface area contributed by atoms with Crippen LogP contribution in [-0.4, -0.2) is 62.6 Å². The van der Waals surface area contributed by atoms with E-state index in [4.69, 9.17) is 4.74 Å². The molecule has 0 bridgehead atoms. The summed E-state index contributed by atoms with van der Waals surface area (Å²) in [5, 5.41) is 6.35. The molecule has 0 radical (unpaired) electrons. The van der Waals surface area contributed by atoms with Gasteiger partial charge in [0.15, 0.2) is 5.96 Å². The normalized spacial score (nSPS) is 18.0. The number of nitrogens with zero attached hydrogens (tertiary/aromatic N) is 3. The molecule has 0 aliphatic carbocycles. The molecule has 2 aliphatic rings. The maximum atomic E-state index is 11.6. The van der Waals surface area contributed by atoms with Crippen molar-refractivity contribution >= 4 is 17.6 Å². The topological polar surface area (TPSA) is 69.2 Å². The Morgan fingerprint density at radius 1 is 1.10 bits per heavy atom. The molecule has 2 aliphatic heterocycles. The molecular formula is C24H31N5O2. The molecule has 2 aromatic rings. The van der Waals surface area contributed by atoms with Gasteiger partial charge in [-0.25, -0.2) is 0 Å².